The van der Waals surface area contributed by atoms with Gasteiger partial charge in [-0.25, -0.2) is 9.59 Å². The number of anilines is 1. The average molecular weight is 496 g/mol. The molecule has 0 radical (unpaired) electrons. The van der Waals surface area contributed by atoms with E-state index in [0.29, 0.717) is 16.9 Å². The zero-order chi connectivity index (χ0) is 25.8. The molecule has 4 rings (SSSR count). The number of hydrogen-bond donors (Lipinski definition) is 2. The third-order valence-electron chi connectivity index (χ3n) is 6.09. The van der Waals surface area contributed by atoms with E-state index in [1.807, 2.05) is 43.3 Å². The summed E-state index contributed by atoms with van der Waals surface area (Å²) in [4.78, 5) is 39.6. The first kappa shape index (κ1) is 25.3. The predicted octanol–water partition coefficient (Wildman–Crippen LogP) is 2.99. The average Bonchev–Trinajstić information content (AvgIpc) is 3.24. The summed E-state index contributed by atoms with van der Waals surface area (Å²) in [5.41, 5.74) is 2.66. The topological polar surface area (TPSA) is 133 Å². The second kappa shape index (κ2) is 10.8. The number of azo groups is 1. The molecular formula is C25H29N5O6. The molecule has 2 saturated heterocycles. The van der Waals surface area contributed by atoms with E-state index in [9.17, 15) is 19.5 Å². The van der Waals surface area contributed by atoms with Gasteiger partial charge in [-0.05, 0) is 48.5 Å². The second-order valence-corrected chi connectivity index (χ2v) is 9.04. The summed E-state index contributed by atoms with van der Waals surface area (Å²) in [5.74, 6) is -1.30. The molecule has 11 nitrogen and oxygen atoms in total. The normalized spacial score (nSPS) is 24.2. The van der Waals surface area contributed by atoms with Gasteiger partial charge in [-0.1, -0.05) is 6.92 Å². The maximum atomic E-state index is 12.5. The van der Waals surface area contributed by atoms with Crippen LogP contribution in [0.1, 0.15) is 23.7 Å². The number of nitrogens with zero attached hydrogens (tertiary/aromatic N) is 4. The fourth-order valence-electron chi connectivity index (χ4n) is 3.91. The first-order chi connectivity index (χ1) is 17.2. The molecule has 3 amide bonds. The van der Waals surface area contributed by atoms with Gasteiger partial charge >= 0.3 is 12.0 Å². The summed E-state index contributed by atoms with van der Waals surface area (Å²) in [7, 11) is 3.92. The highest BCUT2D eigenvalue weighted by Crippen LogP contribution is 2.26. The minimum atomic E-state index is -0.918. The molecule has 0 aliphatic carbocycles. The van der Waals surface area contributed by atoms with Crippen LogP contribution < -0.4 is 10.2 Å². The summed E-state index contributed by atoms with van der Waals surface area (Å²) in [6, 6.07) is 13.5. The molecule has 2 aromatic carbocycles. The lowest BCUT2D eigenvalue weighted by molar-refractivity contribution is -0.128. The third-order valence-corrected chi connectivity index (χ3v) is 6.09. The van der Waals surface area contributed by atoms with Crippen LogP contribution in [-0.4, -0.2) is 73.6 Å². The Labute approximate surface area is 208 Å². The Morgan fingerprint density at radius 1 is 1.11 bits per heavy atom. The minimum absolute atomic E-state index is 0.161. The van der Waals surface area contributed by atoms with Crippen LogP contribution in [0.5, 0.6) is 0 Å². The monoisotopic (exact) mass is 495 g/mol. The molecule has 0 aromatic heterocycles. The van der Waals surface area contributed by atoms with Gasteiger partial charge in [0.2, 0.25) is 5.91 Å². The number of carbonyl (C=O) groups excluding carboxylic acids is 3. The van der Waals surface area contributed by atoms with Crippen molar-refractivity contribution >= 4 is 35.0 Å². The minimum Gasteiger partial charge on any atom is -0.459 e. The Bertz CT molecular complexity index is 1130. The van der Waals surface area contributed by atoms with Crippen LogP contribution in [0.3, 0.4) is 0 Å². The maximum Gasteiger partial charge on any atom is 0.338 e. The molecule has 11 heteroatoms. The number of esters is 1. The number of nitrogens with one attached hydrogen (secondary N) is 1. The van der Waals surface area contributed by atoms with Crippen LogP contribution in [0.2, 0.25) is 0 Å². The molecule has 4 atom stereocenters. The quantitative estimate of drug-likeness (QED) is 0.446. The Balaban J connectivity index is 1.28. The largest absolute Gasteiger partial charge is 0.459 e. The highest BCUT2D eigenvalue weighted by atomic mass is 16.6. The number of rotatable bonds is 7. The van der Waals surface area contributed by atoms with Crippen LogP contribution in [0.25, 0.3) is 0 Å². The SMILES string of the molecule is CC1CN(C2C[C@@H](O)[C@H](COC(=O)c3ccc(N=Nc4ccc(N(C)C)cc4)cc3)O2)C(=O)NC1=O. The molecule has 36 heavy (non-hydrogen) atoms. The molecule has 2 N–H and O–H groups in total. The first-order valence-electron chi connectivity index (χ1n) is 11.6. The summed E-state index contributed by atoms with van der Waals surface area (Å²) in [6.07, 6.45) is -2.25. The maximum absolute atomic E-state index is 12.5. The van der Waals surface area contributed by atoms with Crippen molar-refractivity contribution in [2.45, 2.75) is 31.8 Å². The van der Waals surface area contributed by atoms with Crippen LogP contribution in [0.4, 0.5) is 21.9 Å². The Morgan fingerprint density at radius 2 is 1.72 bits per heavy atom. The van der Waals surface area contributed by atoms with Crippen molar-refractivity contribution < 1.29 is 29.0 Å². The molecule has 2 unspecified atom stereocenters. The van der Waals surface area contributed by atoms with E-state index in [1.165, 1.54) is 4.90 Å². The molecule has 2 aromatic rings. The van der Waals surface area contributed by atoms with Gasteiger partial charge in [0.1, 0.15) is 18.9 Å². The summed E-state index contributed by atoms with van der Waals surface area (Å²) in [6.45, 7) is 1.72. The standard InChI is InChI=1S/C25H29N5O6/c1-15-13-30(25(34)26-23(15)32)22-12-20(31)21(36-22)14-35-24(33)16-4-6-17(7-5-16)27-28-18-8-10-19(11-9-18)29(2)3/h4-11,15,20-22,31H,12-14H2,1-3H3,(H,26,32,34)/t15?,20-,21+,22?/m1/s1. The van der Waals surface area contributed by atoms with Gasteiger partial charge in [0.25, 0.3) is 0 Å². The van der Waals surface area contributed by atoms with Gasteiger partial charge in [0.05, 0.1) is 29.0 Å². The zero-order valence-electron chi connectivity index (χ0n) is 20.3. The number of ether oxygens (including phenoxy) is 2. The van der Waals surface area contributed by atoms with E-state index < -0.39 is 30.4 Å². The molecule has 2 aliphatic rings. The predicted molar refractivity (Wildman–Crippen MR) is 130 cm³/mol. The van der Waals surface area contributed by atoms with E-state index in [0.717, 1.165) is 5.69 Å². The van der Waals surface area contributed by atoms with Gasteiger partial charge in [0.15, 0.2) is 0 Å². The van der Waals surface area contributed by atoms with Crippen molar-refractivity contribution in [3.63, 3.8) is 0 Å². The third kappa shape index (κ3) is 5.86. The van der Waals surface area contributed by atoms with Crippen LogP contribution in [0, 0.1) is 5.92 Å². The molecule has 0 saturated carbocycles. The number of hydrogen-bond acceptors (Lipinski definition) is 9. The number of benzene rings is 2. The highest BCUT2D eigenvalue weighted by Gasteiger charge is 2.42. The van der Waals surface area contributed by atoms with E-state index in [1.54, 1.807) is 31.2 Å². The molecule has 2 fully saturated rings. The molecule has 2 heterocycles. The van der Waals surface area contributed by atoms with Crippen LogP contribution >= 0.6 is 0 Å². The van der Waals surface area contributed by atoms with Crippen molar-refractivity contribution in [1.29, 1.82) is 0 Å². The molecular weight excluding hydrogens is 466 g/mol. The lowest BCUT2D eigenvalue weighted by Crippen LogP contribution is -2.57. The zero-order valence-corrected chi connectivity index (χ0v) is 20.3. The lowest BCUT2D eigenvalue weighted by atomic mass is 10.1. The van der Waals surface area contributed by atoms with Gasteiger partial charge in [-0.3, -0.25) is 15.0 Å². The van der Waals surface area contributed by atoms with Gasteiger partial charge in [-0.15, -0.1) is 0 Å². The fraction of sp³-hybridized carbons (Fsp3) is 0.400. The Kier molecular flexibility index (Phi) is 7.61. The van der Waals surface area contributed by atoms with E-state index in [-0.39, 0.29) is 31.4 Å². The molecule has 0 bridgehead atoms. The fourth-order valence-corrected chi connectivity index (χ4v) is 3.91. The number of urea groups is 1. The summed E-state index contributed by atoms with van der Waals surface area (Å²) >= 11 is 0. The van der Waals surface area contributed by atoms with Crippen molar-refractivity contribution in [3.8, 4) is 0 Å². The number of imide groups is 1. The number of carbonyl (C=O) groups is 3. The van der Waals surface area contributed by atoms with E-state index >= 15 is 0 Å². The van der Waals surface area contributed by atoms with Crippen molar-refractivity contribution in [1.82, 2.24) is 10.2 Å². The number of aliphatic hydroxyl groups is 1. The molecule has 190 valence electrons. The summed E-state index contributed by atoms with van der Waals surface area (Å²) in [5, 5.41) is 21.0. The number of aliphatic hydroxyl groups excluding tert-OH is 1. The molecule has 2 aliphatic heterocycles. The smallest absolute Gasteiger partial charge is 0.338 e. The second-order valence-electron chi connectivity index (χ2n) is 9.04. The Morgan fingerprint density at radius 3 is 2.33 bits per heavy atom. The van der Waals surface area contributed by atoms with Crippen LogP contribution in [0.15, 0.2) is 58.8 Å². The molecule has 0 spiro atoms. The van der Waals surface area contributed by atoms with Crippen molar-refractivity contribution in [2.24, 2.45) is 16.1 Å². The van der Waals surface area contributed by atoms with Crippen LogP contribution in [-0.2, 0) is 14.3 Å². The number of amides is 3. The summed E-state index contributed by atoms with van der Waals surface area (Å²) < 4.78 is 11.1. The van der Waals surface area contributed by atoms with E-state index in [4.69, 9.17) is 9.47 Å². The van der Waals surface area contributed by atoms with Gasteiger partial charge in [-0.2, -0.15) is 10.2 Å². The van der Waals surface area contributed by atoms with Gasteiger partial charge < -0.3 is 19.5 Å². The van der Waals surface area contributed by atoms with Crippen molar-refractivity contribution in [3.05, 3.63) is 54.1 Å². The first-order valence-corrected chi connectivity index (χ1v) is 11.6. The van der Waals surface area contributed by atoms with E-state index in [2.05, 4.69) is 15.5 Å². The Hall–Kier alpha value is -3.83. The van der Waals surface area contributed by atoms with Crippen molar-refractivity contribution in [2.75, 3.05) is 32.1 Å². The highest BCUT2D eigenvalue weighted by molar-refractivity contribution is 5.97. The van der Waals surface area contributed by atoms with Gasteiger partial charge in [0, 0.05) is 32.7 Å². The lowest BCUT2D eigenvalue weighted by Gasteiger charge is -2.34.